The summed E-state index contributed by atoms with van der Waals surface area (Å²) in [6.45, 7) is 3.91. The minimum atomic E-state index is -0.233. The highest BCUT2D eigenvalue weighted by molar-refractivity contribution is 5.79. The monoisotopic (exact) mass is 332 g/mol. The van der Waals surface area contributed by atoms with Crippen LogP contribution in [0.2, 0.25) is 0 Å². The smallest absolute Gasteiger partial charge is 0.191 e. The number of hydrogen-bond donors (Lipinski definition) is 2. The van der Waals surface area contributed by atoms with Crippen molar-refractivity contribution in [3.8, 4) is 0 Å². The van der Waals surface area contributed by atoms with Crippen LogP contribution in [0.3, 0.4) is 0 Å². The van der Waals surface area contributed by atoms with E-state index in [0.717, 1.165) is 24.3 Å². The first-order chi connectivity index (χ1) is 11.6. The Morgan fingerprint density at radius 1 is 1.25 bits per heavy atom. The van der Waals surface area contributed by atoms with Crippen LogP contribution in [-0.4, -0.2) is 33.1 Å². The number of nitrogens with one attached hydrogen (secondary N) is 2. The minimum absolute atomic E-state index is 0.233. The first-order valence-corrected chi connectivity index (χ1v) is 8.10. The fraction of sp³-hybridized carbons (Fsp3) is 0.389. The highest BCUT2D eigenvalue weighted by Crippen LogP contribution is 2.18. The predicted molar refractivity (Wildman–Crippen MR) is 96.0 cm³/mol. The van der Waals surface area contributed by atoms with Gasteiger partial charge in [-0.3, -0.25) is 0 Å². The van der Waals surface area contributed by atoms with Gasteiger partial charge in [0, 0.05) is 33.6 Å². The molecule has 1 aromatic heterocycles. The molecule has 1 heterocycles. The quantitative estimate of drug-likeness (QED) is 0.605. The lowest BCUT2D eigenvalue weighted by Gasteiger charge is -2.14. The summed E-state index contributed by atoms with van der Waals surface area (Å²) in [5.74, 6) is 1.41. The van der Waals surface area contributed by atoms with E-state index < -0.39 is 0 Å². The van der Waals surface area contributed by atoms with Crippen molar-refractivity contribution >= 4 is 11.6 Å². The normalized spacial score (nSPS) is 11.4. The first kappa shape index (κ1) is 17.8. The molecule has 2 N–H and O–H groups in total. The van der Waals surface area contributed by atoms with Gasteiger partial charge in [-0.2, -0.15) is 0 Å². The molecule has 0 amide bonds. The van der Waals surface area contributed by atoms with E-state index in [9.17, 15) is 4.39 Å². The lowest BCUT2D eigenvalue weighted by atomic mass is 10.2. The number of furan rings is 1. The van der Waals surface area contributed by atoms with Crippen LogP contribution in [0.15, 0.2) is 46.0 Å². The molecule has 0 fully saturated rings. The maximum absolute atomic E-state index is 14.0. The van der Waals surface area contributed by atoms with E-state index in [1.807, 2.05) is 39.2 Å². The van der Waals surface area contributed by atoms with Gasteiger partial charge in [-0.25, -0.2) is 9.38 Å². The molecule has 5 nitrogen and oxygen atoms in total. The van der Waals surface area contributed by atoms with Gasteiger partial charge in [-0.05, 0) is 36.8 Å². The van der Waals surface area contributed by atoms with Crippen molar-refractivity contribution < 1.29 is 8.81 Å². The van der Waals surface area contributed by atoms with Crippen molar-refractivity contribution in [3.63, 3.8) is 0 Å². The second-order valence-corrected chi connectivity index (χ2v) is 5.63. The van der Waals surface area contributed by atoms with E-state index in [1.54, 1.807) is 17.2 Å². The van der Waals surface area contributed by atoms with Gasteiger partial charge in [-0.15, -0.1) is 0 Å². The molecule has 0 radical (unpaired) electrons. The van der Waals surface area contributed by atoms with Gasteiger partial charge >= 0.3 is 0 Å². The zero-order valence-corrected chi connectivity index (χ0v) is 14.5. The highest BCUT2D eigenvalue weighted by atomic mass is 19.1. The Labute approximate surface area is 142 Å². The molecule has 0 bridgehead atoms. The second-order valence-electron chi connectivity index (χ2n) is 5.63. The number of anilines is 1. The van der Waals surface area contributed by atoms with Crippen LogP contribution in [-0.2, 0) is 13.0 Å². The first-order valence-electron chi connectivity index (χ1n) is 8.10. The molecule has 0 saturated carbocycles. The summed E-state index contributed by atoms with van der Waals surface area (Å²) in [5.41, 5.74) is 1.41. The molecule has 130 valence electrons. The standard InChI is InChI=1S/C18H25FN4O/c1-4-20-18(21-10-9-15-6-5-11-24-15)22-13-14-7-8-17(23(2)3)16(19)12-14/h5-8,11-12H,4,9-10,13H2,1-3H3,(H2,20,21,22). The van der Waals surface area contributed by atoms with Crippen LogP contribution in [0.25, 0.3) is 0 Å². The summed E-state index contributed by atoms with van der Waals surface area (Å²) in [4.78, 5) is 6.25. The summed E-state index contributed by atoms with van der Waals surface area (Å²) >= 11 is 0. The van der Waals surface area contributed by atoms with Crippen molar-refractivity contribution in [2.24, 2.45) is 4.99 Å². The average molecular weight is 332 g/mol. The van der Waals surface area contributed by atoms with E-state index in [-0.39, 0.29) is 5.82 Å². The molecule has 0 spiro atoms. The lowest BCUT2D eigenvalue weighted by Crippen LogP contribution is -2.38. The van der Waals surface area contributed by atoms with Gasteiger partial charge in [0.1, 0.15) is 11.6 Å². The predicted octanol–water partition coefficient (Wildman–Crippen LogP) is 2.78. The van der Waals surface area contributed by atoms with Crippen LogP contribution in [0.4, 0.5) is 10.1 Å². The maximum atomic E-state index is 14.0. The Hall–Kier alpha value is -2.50. The summed E-state index contributed by atoms with van der Waals surface area (Å²) in [6, 6.07) is 9.03. The molecule has 0 unspecified atom stereocenters. The van der Waals surface area contributed by atoms with Gasteiger partial charge in [0.15, 0.2) is 5.96 Å². The Morgan fingerprint density at radius 3 is 2.71 bits per heavy atom. The molecule has 6 heteroatoms. The highest BCUT2D eigenvalue weighted by Gasteiger charge is 2.05. The number of benzene rings is 1. The molecule has 24 heavy (non-hydrogen) atoms. The number of guanidine groups is 1. The zero-order valence-electron chi connectivity index (χ0n) is 14.5. The van der Waals surface area contributed by atoms with Crippen molar-refractivity contribution in [2.45, 2.75) is 19.9 Å². The minimum Gasteiger partial charge on any atom is -0.469 e. The Bertz CT molecular complexity index is 653. The molecule has 0 aliphatic rings. The average Bonchev–Trinajstić information content (AvgIpc) is 3.05. The van der Waals surface area contributed by atoms with Crippen molar-refractivity contribution in [1.29, 1.82) is 0 Å². The van der Waals surface area contributed by atoms with Gasteiger partial charge in [0.2, 0.25) is 0 Å². The van der Waals surface area contributed by atoms with E-state index >= 15 is 0 Å². The Kier molecular flexibility index (Phi) is 6.66. The Morgan fingerprint density at radius 2 is 2.08 bits per heavy atom. The third kappa shape index (κ3) is 5.30. The van der Waals surface area contributed by atoms with Crippen LogP contribution in [0.5, 0.6) is 0 Å². The molecular weight excluding hydrogens is 307 g/mol. The van der Waals surface area contributed by atoms with Crippen LogP contribution < -0.4 is 15.5 Å². The molecular formula is C18H25FN4O. The van der Waals surface area contributed by atoms with E-state index in [0.29, 0.717) is 24.7 Å². The number of halogens is 1. The van der Waals surface area contributed by atoms with Gasteiger partial charge in [-0.1, -0.05) is 6.07 Å². The summed E-state index contributed by atoms with van der Waals surface area (Å²) in [7, 11) is 3.64. The maximum Gasteiger partial charge on any atom is 0.191 e. The molecule has 2 aromatic rings. The molecule has 0 aliphatic carbocycles. The van der Waals surface area contributed by atoms with Gasteiger partial charge in [0.25, 0.3) is 0 Å². The topological polar surface area (TPSA) is 52.8 Å². The second kappa shape index (κ2) is 8.96. The largest absolute Gasteiger partial charge is 0.469 e. The molecule has 2 rings (SSSR count). The molecule has 1 aromatic carbocycles. The third-order valence-electron chi connectivity index (χ3n) is 3.50. The molecule has 0 atom stereocenters. The number of rotatable bonds is 7. The SMILES string of the molecule is CCNC(=NCc1ccc(N(C)C)c(F)c1)NCCc1ccco1. The number of nitrogens with zero attached hydrogens (tertiary/aromatic N) is 2. The number of aliphatic imine (C=N–C) groups is 1. The summed E-state index contributed by atoms with van der Waals surface area (Å²) < 4.78 is 19.3. The van der Waals surface area contributed by atoms with Gasteiger partial charge < -0.3 is 20.0 Å². The number of hydrogen-bond acceptors (Lipinski definition) is 3. The zero-order chi connectivity index (χ0) is 17.4. The van der Waals surface area contributed by atoms with Crippen LogP contribution >= 0.6 is 0 Å². The Balaban J connectivity index is 1.93. The summed E-state index contributed by atoms with van der Waals surface area (Å²) in [6.07, 6.45) is 2.45. The van der Waals surface area contributed by atoms with E-state index in [2.05, 4.69) is 15.6 Å². The summed E-state index contributed by atoms with van der Waals surface area (Å²) in [5, 5.41) is 6.43. The van der Waals surface area contributed by atoms with E-state index in [1.165, 1.54) is 6.07 Å². The fourth-order valence-electron chi connectivity index (χ4n) is 2.28. The fourth-order valence-corrected chi connectivity index (χ4v) is 2.28. The molecule has 0 aliphatic heterocycles. The van der Waals surface area contributed by atoms with E-state index in [4.69, 9.17) is 4.42 Å². The third-order valence-corrected chi connectivity index (χ3v) is 3.50. The van der Waals surface area contributed by atoms with Crippen molar-refractivity contribution in [2.75, 3.05) is 32.1 Å². The van der Waals surface area contributed by atoms with Crippen molar-refractivity contribution in [3.05, 3.63) is 53.7 Å². The van der Waals surface area contributed by atoms with Crippen LogP contribution in [0, 0.1) is 5.82 Å². The van der Waals surface area contributed by atoms with Crippen molar-refractivity contribution in [1.82, 2.24) is 10.6 Å². The van der Waals surface area contributed by atoms with Crippen LogP contribution in [0.1, 0.15) is 18.2 Å². The lowest BCUT2D eigenvalue weighted by molar-refractivity contribution is 0.507. The molecule has 0 saturated heterocycles. The van der Waals surface area contributed by atoms with Gasteiger partial charge in [0.05, 0.1) is 18.5 Å².